The number of allylic oxidation sites excluding steroid dienone is 1. The molecule has 1 N–H and O–H groups in total. The van der Waals surface area contributed by atoms with Crippen molar-refractivity contribution in [3.63, 3.8) is 0 Å². The van der Waals surface area contributed by atoms with Crippen LogP contribution >= 0.6 is 0 Å². The van der Waals surface area contributed by atoms with Crippen molar-refractivity contribution in [3.05, 3.63) is 84.0 Å². The number of anilines is 3. The second kappa shape index (κ2) is 8.26. The first-order valence-electron chi connectivity index (χ1n) is 11.3. The predicted molar refractivity (Wildman–Crippen MR) is 134 cm³/mol. The molecule has 4 heterocycles. The van der Waals surface area contributed by atoms with Gasteiger partial charge in [-0.2, -0.15) is 0 Å². The fourth-order valence-electron chi connectivity index (χ4n) is 4.52. The van der Waals surface area contributed by atoms with Gasteiger partial charge >= 0.3 is 0 Å². The van der Waals surface area contributed by atoms with E-state index in [1.165, 1.54) is 11.1 Å². The Hall–Kier alpha value is -3.84. The first kappa shape index (κ1) is 19.8. The molecule has 0 radical (unpaired) electrons. The molecule has 0 bridgehead atoms. The van der Waals surface area contributed by atoms with Crippen LogP contribution in [0.25, 0.3) is 16.5 Å². The van der Waals surface area contributed by atoms with Gasteiger partial charge in [0.2, 0.25) is 5.95 Å². The van der Waals surface area contributed by atoms with Crippen LogP contribution in [-0.4, -0.2) is 58.1 Å². The summed E-state index contributed by atoms with van der Waals surface area (Å²) in [6.07, 6.45) is 8.64. The lowest BCUT2D eigenvalue weighted by atomic mass is 10.0. The van der Waals surface area contributed by atoms with Crippen molar-refractivity contribution < 1.29 is 1.43 Å². The number of rotatable bonds is 4. The maximum Gasteiger partial charge on any atom is 0.227 e. The van der Waals surface area contributed by atoms with Crippen molar-refractivity contribution in [1.82, 2.24) is 24.8 Å². The van der Waals surface area contributed by atoms with E-state index >= 15 is 0 Å². The standard InChI is InChI=1S/C26H25N7.H2/c1-32-11-13-33(14-12-32)25-16-20(8-10-28-25)30-26-29-17-22-21(5-7-24(22)31-26)18-4-6-23-19(15-18)3-2-9-27-23;/h2-6,8-10,15-17H,7,11-14H2,1H3,(H,28,29,30,31);1H. The number of likely N-dealkylation sites (N-methyl/N-ethyl adjacent to an activating group) is 1. The highest BCUT2D eigenvalue weighted by Gasteiger charge is 2.19. The molecule has 33 heavy (non-hydrogen) atoms. The number of piperazine rings is 1. The molecule has 7 nitrogen and oxygen atoms in total. The Labute approximate surface area is 194 Å². The molecule has 1 fully saturated rings. The Balaban J connectivity index is 0.00000241. The molecule has 6 rings (SSSR count). The summed E-state index contributed by atoms with van der Waals surface area (Å²) >= 11 is 0. The van der Waals surface area contributed by atoms with Crippen molar-refractivity contribution in [2.45, 2.75) is 6.42 Å². The molecule has 4 aromatic rings. The van der Waals surface area contributed by atoms with Gasteiger partial charge in [0, 0.05) is 75.3 Å². The van der Waals surface area contributed by atoms with E-state index in [2.05, 4.69) is 73.5 Å². The molecule has 2 aliphatic rings. The van der Waals surface area contributed by atoms with Crippen LogP contribution in [0.3, 0.4) is 0 Å². The normalized spacial score (nSPS) is 16.0. The summed E-state index contributed by atoms with van der Waals surface area (Å²) in [7, 11) is 2.16. The molecule has 3 aromatic heterocycles. The Kier molecular flexibility index (Phi) is 4.96. The van der Waals surface area contributed by atoms with E-state index in [4.69, 9.17) is 4.98 Å². The summed E-state index contributed by atoms with van der Waals surface area (Å²) in [6, 6.07) is 14.5. The number of hydrogen-bond acceptors (Lipinski definition) is 7. The largest absolute Gasteiger partial charge is 0.354 e. The molecule has 1 saturated heterocycles. The van der Waals surface area contributed by atoms with Gasteiger partial charge in [-0.1, -0.05) is 18.2 Å². The highest BCUT2D eigenvalue weighted by Crippen LogP contribution is 2.33. The monoisotopic (exact) mass is 437 g/mol. The Morgan fingerprint density at radius 1 is 0.939 bits per heavy atom. The minimum atomic E-state index is 0. The van der Waals surface area contributed by atoms with Gasteiger partial charge in [0.15, 0.2) is 0 Å². The molecule has 0 atom stereocenters. The lowest BCUT2D eigenvalue weighted by molar-refractivity contribution is 0.312. The third-order valence-electron chi connectivity index (χ3n) is 6.40. The molecular weight excluding hydrogens is 410 g/mol. The van der Waals surface area contributed by atoms with E-state index in [0.29, 0.717) is 5.95 Å². The van der Waals surface area contributed by atoms with Crippen LogP contribution in [0.15, 0.2) is 67.1 Å². The number of nitrogens with zero attached hydrogens (tertiary/aromatic N) is 6. The van der Waals surface area contributed by atoms with Crippen LogP contribution in [0.5, 0.6) is 0 Å². The predicted octanol–water partition coefficient (Wildman–Crippen LogP) is 4.15. The van der Waals surface area contributed by atoms with Gasteiger partial charge in [-0.25, -0.2) is 15.0 Å². The highest BCUT2D eigenvalue weighted by molar-refractivity contribution is 5.89. The van der Waals surface area contributed by atoms with Gasteiger partial charge in [-0.05, 0) is 42.4 Å². The van der Waals surface area contributed by atoms with Gasteiger partial charge in [-0.15, -0.1) is 0 Å². The Morgan fingerprint density at radius 3 is 2.76 bits per heavy atom. The second-order valence-corrected chi connectivity index (χ2v) is 8.60. The molecular formula is C26H27N7. The quantitative estimate of drug-likeness (QED) is 0.514. The fraction of sp³-hybridized carbons (Fsp3) is 0.231. The van der Waals surface area contributed by atoms with Gasteiger partial charge < -0.3 is 15.1 Å². The van der Waals surface area contributed by atoms with E-state index in [1.807, 2.05) is 30.7 Å². The molecule has 0 spiro atoms. The summed E-state index contributed by atoms with van der Waals surface area (Å²) in [5.41, 5.74) is 6.45. The van der Waals surface area contributed by atoms with E-state index in [-0.39, 0.29) is 1.43 Å². The molecule has 1 aromatic carbocycles. The van der Waals surface area contributed by atoms with E-state index in [9.17, 15) is 0 Å². The number of aromatic nitrogens is 4. The topological polar surface area (TPSA) is 70.1 Å². The maximum absolute atomic E-state index is 4.81. The number of fused-ring (bicyclic) bond motifs is 2. The minimum absolute atomic E-state index is 0. The average Bonchev–Trinajstić information content (AvgIpc) is 3.28. The van der Waals surface area contributed by atoms with E-state index in [1.54, 1.807) is 0 Å². The van der Waals surface area contributed by atoms with E-state index < -0.39 is 0 Å². The molecule has 0 saturated carbocycles. The van der Waals surface area contributed by atoms with Crippen LogP contribution in [0.4, 0.5) is 17.5 Å². The average molecular weight is 438 g/mol. The summed E-state index contributed by atoms with van der Waals surface area (Å²) in [6.45, 7) is 4.08. The molecule has 0 amide bonds. The molecule has 1 aliphatic carbocycles. The molecule has 1 aliphatic heterocycles. The zero-order chi connectivity index (χ0) is 22.2. The highest BCUT2D eigenvalue weighted by atomic mass is 15.3. The van der Waals surface area contributed by atoms with Crippen LogP contribution in [0, 0.1) is 0 Å². The third-order valence-corrected chi connectivity index (χ3v) is 6.40. The number of nitrogens with one attached hydrogen (secondary N) is 1. The van der Waals surface area contributed by atoms with Crippen molar-refractivity contribution in [3.8, 4) is 0 Å². The second-order valence-electron chi connectivity index (χ2n) is 8.60. The SMILES string of the molecule is CN1CCN(c2cc(Nc3ncc4c(n3)CC=C4c3ccc4ncccc4c3)ccn2)CC1.[HH]. The number of pyridine rings is 2. The van der Waals surface area contributed by atoms with Crippen molar-refractivity contribution >= 4 is 33.9 Å². The van der Waals surface area contributed by atoms with E-state index in [0.717, 1.165) is 66.3 Å². The summed E-state index contributed by atoms with van der Waals surface area (Å²) < 4.78 is 0. The number of hydrogen-bond donors (Lipinski definition) is 1. The molecule has 0 unspecified atom stereocenters. The van der Waals surface area contributed by atoms with Crippen LogP contribution < -0.4 is 10.2 Å². The summed E-state index contributed by atoms with van der Waals surface area (Å²) in [5.74, 6) is 1.60. The fourth-order valence-corrected chi connectivity index (χ4v) is 4.52. The van der Waals surface area contributed by atoms with Crippen molar-refractivity contribution in [2.75, 3.05) is 43.4 Å². The zero-order valence-electron chi connectivity index (χ0n) is 18.6. The van der Waals surface area contributed by atoms with Gasteiger partial charge in [0.1, 0.15) is 5.82 Å². The van der Waals surface area contributed by atoms with Crippen molar-refractivity contribution in [1.29, 1.82) is 0 Å². The van der Waals surface area contributed by atoms with Crippen LogP contribution in [-0.2, 0) is 6.42 Å². The van der Waals surface area contributed by atoms with Gasteiger partial charge in [0.05, 0.1) is 11.2 Å². The Morgan fingerprint density at radius 2 is 1.85 bits per heavy atom. The minimum Gasteiger partial charge on any atom is -0.354 e. The lowest BCUT2D eigenvalue weighted by Gasteiger charge is -2.33. The van der Waals surface area contributed by atoms with Crippen LogP contribution in [0.1, 0.15) is 18.2 Å². The summed E-state index contributed by atoms with van der Waals surface area (Å²) in [5, 5.41) is 4.51. The maximum atomic E-state index is 4.81. The third kappa shape index (κ3) is 3.91. The summed E-state index contributed by atoms with van der Waals surface area (Å²) in [4.78, 5) is 23.1. The van der Waals surface area contributed by atoms with Crippen molar-refractivity contribution in [2.24, 2.45) is 0 Å². The first-order chi connectivity index (χ1) is 16.2. The van der Waals surface area contributed by atoms with Gasteiger partial charge in [-0.3, -0.25) is 4.98 Å². The van der Waals surface area contributed by atoms with Crippen LogP contribution in [0.2, 0.25) is 0 Å². The molecule has 7 heteroatoms. The smallest absolute Gasteiger partial charge is 0.227 e. The Bertz CT molecular complexity index is 1360. The zero-order valence-corrected chi connectivity index (χ0v) is 18.6. The molecule has 166 valence electrons. The van der Waals surface area contributed by atoms with Gasteiger partial charge in [0.25, 0.3) is 0 Å². The lowest BCUT2D eigenvalue weighted by Crippen LogP contribution is -2.44. The first-order valence-corrected chi connectivity index (χ1v) is 11.3. The number of benzene rings is 1.